The first-order valence-electron chi connectivity index (χ1n) is 5.31. The zero-order valence-electron chi connectivity index (χ0n) is 8.47. The van der Waals surface area contributed by atoms with Crippen molar-refractivity contribution in [2.24, 2.45) is 0 Å². The van der Waals surface area contributed by atoms with Crippen molar-refractivity contribution in [2.45, 2.75) is 35.8 Å². The fourth-order valence-electron chi connectivity index (χ4n) is 2.24. The first kappa shape index (κ1) is 8.66. The van der Waals surface area contributed by atoms with E-state index in [9.17, 15) is 0 Å². The molecule has 1 spiro atoms. The average molecular weight is 205 g/mol. The molecule has 74 valence electrons. The van der Waals surface area contributed by atoms with E-state index in [-0.39, 0.29) is 0 Å². The van der Waals surface area contributed by atoms with Crippen LogP contribution in [0.15, 0.2) is 23.1 Å². The molecule has 1 aromatic carbocycles. The third-order valence-corrected chi connectivity index (χ3v) is 4.87. The molecule has 1 aliphatic heterocycles. The zero-order chi connectivity index (χ0) is 9.60. The van der Waals surface area contributed by atoms with E-state index in [2.05, 4.69) is 42.2 Å². The highest BCUT2D eigenvalue weighted by Crippen LogP contribution is 2.52. The summed E-state index contributed by atoms with van der Waals surface area (Å²) >= 11 is 2.10. The van der Waals surface area contributed by atoms with E-state index in [1.165, 1.54) is 35.4 Å². The topological polar surface area (TPSA) is 12.0 Å². The Morgan fingerprint density at radius 3 is 2.93 bits per heavy atom. The standard InChI is InChI=1S/C12H15NS/c1-9-3-4-10-11(7-9)14-12(8-13-10)5-2-6-12/h3-4,7,13H,2,5-6,8H2,1H3. The van der Waals surface area contributed by atoms with Gasteiger partial charge in [0.2, 0.25) is 0 Å². The maximum atomic E-state index is 3.56. The predicted molar refractivity (Wildman–Crippen MR) is 62.1 cm³/mol. The molecule has 1 heterocycles. The van der Waals surface area contributed by atoms with Crippen LogP contribution in [0.4, 0.5) is 5.69 Å². The number of anilines is 1. The van der Waals surface area contributed by atoms with Crippen molar-refractivity contribution in [3.05, 3.63) is 23.8 Å². The van der Waals surface area contributed by atoms with Gasteiger partial charge in [-0.1, -0.05) is 12.5 Å². The summed E-state index contributed by atoms with van der Waals surface area (Å²) in [5.74, 6) is 0. The molecule has 0 bridgehead atoms. The molecule has 0 unspecified atom stereocenters. The van der Waals surface area contributed by atoms with Crippen LogP contribution in [0.5, 0.6) is 0 Å². The summed E-state index contributed by atoms with van der Waals surface area (Å²) in [4.78, 5) is 1.45. The summed E-state index contributed by atoms with van der Waals surface area (Å²) in [5, 5.41) is 3.56. The lowest BCUT2D eigenvalue weighted by atomic mass is 9.84. The van der Waals surface area contributed by atoms with Crippen LogP contribution in [0.25, 0.3) is 0 Å². The largest absolute Gasteiger partial charge is 0.383 e. The Morgan fingerprint density at radius 1 is 1.36 bits per heavy atom. The summed E-state index contributed by atoms with van der Waals surface area (Å²) in [6.07, 6.45) is 4.19. The van der Waals surface area contributed by atoms with Gasteiger partial charge in [0, 0.05) is 21.9 Å². The van der Waals surface area contributed by atoms with Crippen LogP contribution >= 0.6 is 11.8 Å². The Morgan fingerprint density at radius 2 is 2.21 bits per heavy atom. The minimum atomic E-state index is 0.542. The molecule has 0 aromatic heterocycles. The molecule has 1 saturated carbocycles. The van der Waals surface area contributed by atoms with Gasteiger partial charge in [0.15, 0.2) is 0 Å². The van der Waals surface area contributed by atoms with Gasteiger partial charge in [-0.2, -0.15) is 0 Å². The van der Waals surface area contributed by atoms with Gasteiger partial charge in [-0.3, -0.25) is 0 Å². The quantitative estimate of drug-likeness (QED) is 0.696. The number of aryl methyl sites for hydroxylation is 1. The highest BCUT2D eigenvalue weighted by molar-refractivity contribution is 8.01. The Kier molecular flexibility index (Phi) is 1.81. The number of hydrogen-bond acceptors (Lipinski definition) is 2. The van der Waals surface area contributed by atoms with Crippen LogP contribution in [0.1, 0.15) is 24.8 Å². The second-order valence-corrected chi connectivity index (χ2v) is 6.00. The Labute approximate surface area is 89.3 Å². The minimum Gasteiger partial charge on any atom is -0.383 e. The smallest absolute Gasteiger partial charge is 0.0479 e. The van der Waals surface area contributed by atoms with Gasteiger partial charge in [-0.25, -0.2) is 0 Å². The van der Waals surface area contributed by atoms with Crippen LogP contribution < -0.4 is 5.32 Å². The van der Waals surface area contributed by atoms with Crippen LogP contribution in [-0.2, 0) is 0 Å². The predicted octanol–water partition coefficient (Wildman–Crippen LogP) is 3.44. The molecule has 2 heteroatoms. The molecule has 3 rings (SSSR count). The molecule has 0 atom stereocenters. The molecule has 14 heavy (non-hydrogen) atoms. The number of nitrogens with one attached hydrogen (secondary N) is 1. The van der Waals surface area contributed by atoms with Gasteiger partial charge in [-0.15, -0.1) is 11.8 Å². The van der Waals surface area contributed by atoms with E-state index in [0.717, 1.165) is 6.54 Å². The van der Waals surface area contributed by atoms with Crippen molar-refractivity contribution in [1.82, 2.24) is 0 Å². The van der Waals surface area contributed by atoms with Crippen molar-refractivity contribution in [3.8, 4) is 0 Å². The molecular weight excluding hydrogens is 190 g/mol. The Balaban J connectivity index is 1.96. The third-order valence-electron chi connectivity index (χ3n) is 3.33. The number of hydrogen-bond donors (Lipinski definition) is 1. The van der Waals surface area contributed by atoms with Crippen molar-refractivity contribution in [1.29, 1.82) is 0 Å². The van der Waals surface area contributed by atoms with Crippen LogP contribution in [0.3, 0.4) is 0 Å². The van der Waals surface area contributed by atoms with E-state index in [0.29, 0.717) is 4.75 Å². The molecule has 2 aliphatic rings. The number of rotatable bonds is 0. The van der Waals surface area contributed by atoms with Crippen LogP contribution in [-0.4, -0.2) is 11.3 Å². The van der Waals surface area contributed by atoms with E-state index >= 15 is 0 Å². The number of benzene rings is 1. The molecule has 1 nitrogen and oxygen atoms in total. The van der Waals surface area contributed by atoms with Crippen molar-refractivity contribution in [3.63, 3.8) is 0 Å². The van der Waals surface area contributed by atoms with E-state index in [1.54, 1.807) is 0 Å². The lowest BCUT2D eigenvalue weighted by Crippen LogP contribution is -2.42. The van der Waals surface area contributed by atoms with Gasteiger partial charge in [-0.05, 0) is 37.5 Å². The van der Waals surface area contributed by atoms with Gasteiger partial charge < -0.3 is 5.32 Å². The molecule has 0 radical (unpaired) electrons. The van der Waals surface area contributed by atoms with Crippen molar-refractivity contribution < 1.29 is 0 Å². The fraction of sp³-hybridized carbons (Fsp3) is 0.500. The highest BCUT2D eigenvalue weighted by atomic mass is 32.2. The van der Waals surface area contributed by atoms with E-state index < -0.39 is 0 Å². The molecular formula is C12H15NS. The zero-order valence-corrected chi connectivity index (χ0v) is 9.29. The average Bonchev–Trinajstić information content (AvgIpc) is 2.14. The minimum absolute atomic E-state index is 0.542. The first-order chi connectivity index (χ1) is 6.77. The molecule has 0 saturated heterocycles. The van der Waals surface area contributed by atoms with Gasteiger partial charge in [0.25, 0.3) is 0 Å². The molecule has 1 N–H and O–H groups in total. The Bertz CT molecular complexity index is 369. The fourth-order valence-corrected chi connectivity index (χ4v) is 3.83. The van der Waals surface area contributed by atoms with E-state index in [1.807, 2.05) is 0 Å². The summed E-state index contributed by atoms with van der Waals surface area (Å²) in [5.41, 5.74) is 2.70. The maximum absolute atomic E-state index is 3.56. The van der Waals surface area contributed by atoms with Gasteiger partial charge in [0.1, 0.15) is 0 Å². The van der Waals surface area contributed by atoms with Crippen molar-refractivity contribution >= 4 is 17.4 Å². The monoisotopic (exact) mass is 205 g/mol. The lowest BCUT2D eigenvalue weighted by molar-refractivity contribution is 0.376. The van der Waals surface area contributed by atoms with Gasteiger partial charge in [0.05, 0.1) is 0 Å². The lowest BCUT2D eigenvalue weighted by Gasteiger charge is -2.44. The van der Waals surface area contributed by atoms with E-state index in [4.69, 9.17) is 0 Å². The van der Waals surface area contributed by atoms with Crippen molar-refractivity contribution in [2.75, 3.05) is 11.9 Å². The van der Waals surface area contributed by atoms with Gasteiger partial charge >= 0.3 is 0 Å². The summed E-state index contributed by atoms with van der Waals surface area (Å²) in [7, 11) is 0. The normalized spacial score (nSPS) is 22.4. The summed E-state index contributed by atoms with van der Waals surface area (Å²) < 4.78 is 0.542. The van der Waals surface area contributed by atoms with Crippen LogP contribution in [0, 0.1) is 6.92 Å². The Hall–Kier alpha value is -0.630. The SMILES string of the molecule is Cc1ccc2c(c1)SC1(CCC1)CN2. The molecule has 1 fully saturated rings. The second kappa shape index (κ2) is 2.93. The second-order valence-electron chi connectivity index (χ2n) is 4.49. The van der Waals surface area contributed by atoms with Crippen LogP contribution in [0.2, 0.25) is 0 Å². The summed E-state index contributed by atoms with van der Waals surface area (Å²) in [6, 6.07) is 6.71. The first-order valence-corrected chi connectivity index (χ1v) is 6.13. The molecule has 1 aromatic rings. The number of fused-ring (bicyclic) bond motifs is 1. The maximum Gasteiger partial charge on any atom is 0.0479 e. The molecule has 0 amide bonds. The third kappa shape index (κ3) is 1.24. The highest BCUT2D eigenvalue weighted by Gasteiger charge is 2.40. The molecule has 1 aliphatic carbocycles. The summed E-state index contributed by atoms with van der Waals surface area (Å²) in [6.45, 7) is 3.33. The number of thioether (sulfide) groups is 1.